The van der Waals surface area contributed by atoms with E-state index in [0.29, 0.717) is 45.2 Å². The molecule has 1 saturated heterocycles. The van der Waals surface area contributed by atoms with Crippen molar-refractivity contribution in [2.24, 2.45) is 23.7 Å². The van der Waals surface area contributed by atoms with Crippen molar-refractivity contribution in [3.63, 3.8) is 0 Å². The maximum atomic E-state index is 14.7. The van der Waals surface area contributed by atoms with Crippen molar-refractivity contribution in [2.45, 2.75) is 26.7 Å². The number of halogens is 4. The van der Waals surface area contributed by atoms with Crippen LogP contribution in [0.15, 0.2) is 35.1 Å². The summed E-state index contributed by atoms with van der Waals surface area (Å²) in [7, 11) is 1.61. The van der Waals surface area contributed by atoms with E-state index in [4.69, 9.17) is 21.1 Å². The summed E-state index contributed by atoms with van der Waals surface area (Å²) in [5.74, 6) is 3.98. The molecule has 1 saturated carbocycles. The van der Waals surface area contributed by atoms with Crippen molar-refractivity contribution >= 4 is 62.3 Å². The van der Waals surface area contributed by atoms with Crippen molar-refractivity contribution < 1.29 is 13.9 Å². The van der Waals surface area contributed by atoms with Gasteiger partial charge in [0.1, 0.15) is 12.1 Å². The molecule has 0 amide bonds. The molecule has 2 aliphatic rings. The van der Waals surface area contributed by atoms with Gasteiger partial charge in [0.05, 0.1) is 29.9 Å². The molecule has 1 N–H and O–H groups in total. The molecule has 1 aliphatic heterocycles. The van der Waals surface area contributed by atoms with Crippen molar-refractivity contribution in [2.75, 3.05) is 38.7 Å². The van der Waals surface area contributed by atoms with Crippen LogP contribution in [0.25, 0.3) is 10.9 Å². The Balaban J connectivity index is 0.00000320. The third kappa shape index (κ3) is 6.08. The summed E-state index contributed by atoms with van der Waals surface area (Å²) in [5.41, 5.74) is 0.903. The highest BCUT2D eigenvalue weighted by Crippen LogP contribution is 2.43. The molecular weight excluding hydrogens is 582 g/mol. The zero-order valence-corrected chi connectivity index (χ0v) is 24.3. The third-order valence-electron chi connectivity index (χ3n) is 7.23. The first kappa shape index (κ1) is 28.1. The lowest BCUT2D eigenvalue weighted by atomic mass is 10.0. The highest BCUT2D eigenvalue weighted by atomic mass is 79.9. The van der Waals surface area contributed by atoms with Gasteiger partial charge in [-0.3, -0.25) is 0 Å². The molecule has 3 aromatic rings. The number of ether oxygens (including phenoxy) is 2. The van der Waals surface area contributed by atoms with Crippen molar-refractivity contribution in [3.8, 4) is 11.5 Å². The van der Waals surface area contributed by atoms with Gasteiger partial charge in [-0.25, -0.2) is 14.4 Å². The summed E-state index contributed by atoms with van der Waals surface area (Å²) >= 11 is 9.29. The minimum atomic E-state index is -0.557. The molecule has 0 bridgehead atoms. The van der Waals surface area contributed by atoms with Gasteiger partial charge in [0.2, 0.25) is 0 Å². The maximum absolute atomic E-state index is 14.7. The number of nitrogens with one attached hydrogen (secondary N) is 1. The van der Waals surface area contributed by atoms with E-state index in [1.165, 1.54) is 38.8 Å². The second-order valence-corrected chi connectivity index (χ2v) is 11.6. The highest BCUT2D eigenvalue weighted by molar-refractivity contribution is 9.10. The number of methoxy groups -OCH3 is 1. The second kappa shape index (κ2) is 11.9. The summed E-state index contributed by atoms with van der Waals surface area (Å²) in [6, 6.07) is 6.99. The number of likely N-dealkylation sites (tertiary alicyclic amines) is 1. The highest BCUT2D eigenvalue weighted by Gasteiger charge is 2.41. The fraction of sp³-hybridized carbons (Fsp3) is 0.481. The molecule has 0 spiro atoms. The number of rotatable bonds is 8. The summed E-state index contributed by atoms with van der Waals surface area (Å²) < 4.78 is 27.1. The van der Waals surface area contributed by atoms with Crippen LogP contribution in [-0.4, -0.2) is 48.2 Å². The standard InChI is InChI=1S/C27H31BrClFN4O2.ClH/c1-15(2)10-34-11-17-6-16(7-18(17)12-34)13-36-24-9-22-19(8-23(24)35-3)27(32-14-31-22)33-21-5-4-20(28)25(29)26(21)30;/h4-5,8-9,14-18H,6-7,10-13H2,1-3H3,(H,31,32,33);1H/t16?,17-,18+;. The van der Waals surface area contributed by atoms with Crippen molar-refractivity contribution in [1.82, 2.24) is 14.9 Å². The van der Waals surface area contributed by atoms with Gasteiger partial charge < -0.3 is 19.7 Å². The first-order valence-corrected chi connectivity index (χ1v) is 13.6. The fourth-order valence-corrected chi connectivity index (χ4v) is 6.19. The molecule has 200 valence electrons. The van der Waals surface area contributed by atoms with E-state index >= 15 is 0 Å². The van der Waals surface area contributed by atoms with E-state index in [1.54, 1.807) is 19.2 Å². The lowest BCUT2D eigenvalue weighted by molar-refractivity contribution is 0.216. The summed E-state index contributed by atoms with van der Waals surface area (Å²) in [6.45, 7) is 8.88. The summed E-state index contributed by atoms with van der Waals surface area (Å²) in [4.78, 5) is 11.4. The predicted molar refractivity (Wildman–Crippen MR) is 152 cm³/mol. The number of fused-ring (bicyclic) bond motifs is 2. The Morgan fingerprint density at radius 2 is 1.89 bits per heavy atom. The van der Waals surface area contributed by atoms with Gasteiger partial charge in [-0.2, -0.15) is 0 Å². The molecule has 1 unspecified atom stereocenters. The minimum absolute atomic E-state index is 0. The smallest absolute Gasteiger partial charge is 0.166 e. The van der Waals surface area contributed by atoms with Gasteiger partial charge in [-0.05, 0) is 70.6 Å². The molecule has 5 rings (SSSR count). The Kier molecular flexibility index (Phi) is 9.04. The SMILES string of the molecule is COc1cc2c(Nc3ccc(Br)c(Cl)c3F)ncnc2cc1OCC1C[C@@H]2CN(CC(C)C)C[C@@H]2C1.Cl. The van der Waals surface area contributed by atoms with Crippen LogP contribution in [0.3, 0.4) is 0 Å². The van der Waals surface area contributed by atoms with Crippen LogP contribution in [-0.2, 0) is 0 Å². The molecule has 1 aromatic heterocycles. The van der Waals surface area contributed by atoms with Crippen molar-refractivity contribution in [3.05, 3.63) is 45.9 Å². The number of benzene rings is 2. The number of hydrogen-bond acceptors (Lipinski definition) is 6. The number of anilines is 2. The lowest BCUT2D eigenvalue weighted by Gasteiger charge is -2.21. The molecule has 2 heterocycles. The van der Waals surface area contributed by atoms with E-state index in [0.717, 1.165) is 17.8 Å². The van der Waals surface area contributed by atoms with Gasteiger partial charge in [-0.15, -0.1) is 12.4 Å². The average molecular weight is 614 g/mol. The van der Waals surface area contributed by atoms with E-state index in [9.17, 15) is 4.39 Å². The zero-order chi connectivity index (χ0) is 25.4. The zero-order valence-electron chi connectivity index (χ0n) is 21.1. The molecular formula is C27H32BrCl2FN4O2. The third-order valence-corrected chi connectivity index (χ3v) is 8.49. The molecule has 0 radical (unpaired) electrons. The molecule has 2 aromatic carbocycles. The molecule has 3 atom stereocenters. The first-order chi connectivity index (χ1) is 17.3. The lowest BCUT2D eigenvalue weighted by Crippen LogP contribution is -2.27. The van der Waals surface area contributed by atoms with E-state index in [2.05, 4.69) is 50.0 Å². The normalized spacial score (nSPS) is 21.2. The molecule has 10 heteroatoms. The second-order valence-electron chi connectivity index (χ2n) is 10.4. The Morgan fingerprint density at radius 3 is 2.57 bits per heavy atom. The number of nitrogens with zero attached hydrogens (tertiary/aromatic N) is 3. The minimum Gasteiger partial charge on any atom is -0.493 e. The van der Waals surface area contributed by atoms with E-state index in [-0.39, 0.29) is 23.1 Å². The van der Waals surface area contributed by atoms with Gasteiger partial charge in [0.15, 0.2) is 17.3 Å². The van der Waals surface area contributed by atoms with Gasteiger partial charge >= 0.3 is 0 Å². The van der Waals surface area contributed by atoms with Crippen LogP contribution >= 0.6 is 39.9 Å². The largest absolute Gasteiger partial charge is 0.493 e. The van der Waals surface area contributed by atoms with E-state index < -0.39 is 5.82 Å². The van der Waals surface area contributed by atoms with Crippen LogP contribution in [0.4, 0.5) is 15.9 Å². The monoisotopic (exact) mass is 612 g/mol. The molecule has 1 aliphatic carbocycles. The van der Waals surface area contributed by atoms with Crippen LogP contribution in [0, 0.1) is 29.5 Å². The van der Waals surface area contributed by atoms with Crippen LogP contribution in [0.2, 0.25) is 5.02 Å². The van der Waals surface area contributed by atoms with Crippen molar-refractivity contribution in [1.29, 1.82) is 0 Å². The van der Waals surface area contributed by atoms with E-state index in [1.807, 2.05) is 12.1 Å². The molecule has 6 nitrogen and oxygen atoms in total. The Bertz CT molecular complexity index is 1250. The molecule has 37 heavy (non-hydrogen) atoms. The Hall–Kier alpha value is -1.87. The summed E-state index contributed by atoms with van der Waals surface area (Å²) in [6.07, 6.45) is 3.87. The Labute approximate surface area is 236 Å². The van der Waals surface area contributed by atoms with Gasteiger partial charge in [0.25, 0.3) is 0 Å². The first-order valence-electron chi connectivity index (χ1n) is 12.4. The maximum Gasteiger partial charge on any atom is 0.166 e. The number of hydrogen-bond donors (Lipinski definition) is 1. The molecule has 2 fully saturated rings. The van der Waals surface area contributed by atoms with Crippen LogP contribution in [0.5, 0.6) is 11.5 Å². The summed E-state index contributed by atoms with van der Waals surface area (Å²) in [5, 5.41) is 3.74. The van der Waals surface area contributed by atoms with Crippen LogP contribution in [0.1, 0.15) is 26.7 Å². The quantitative estimate of drug-likeness (QED) is 0.268. The van der Waals surface area contributed by atoms with Gasteiger partial charge in [-0.1, -0.05) is 25.4 Å². The fourth-order valence-electron chi connectivity index (χ4n) is 5.72. The van der Waals surface area contributed by atoms with Gasteiger partial charge in [0, 0.05) is 35.6 Å². The topological polar surface area (TPSA) is 59.5 Å². The van der Waals surface area contributed by atoms with Crippen LogP contribution < -0.4 is 14.8 Å². The predicted octanol–water partition coefficient (Wildman–Crippen LogP) is 7.35. The average Bonchev–Trinajstić information content (AvgIpc) is 3.40. The Morgan fingerprint density at radius 1 is 1.16 bits per heavy atom. The number of aromatic nitrogens is 2.